The van der Waals surface area contributed by atoms with Crippen LogP contribution < -0.4 is 9.47 Å². The Labute approximate surface area is 202 Å². The van der Waals surface area contributed by atoms with Gasteiger partial charge in [0.15, 0.2) is 0 Å². The van der Waals surface area contributed by atoms with E-state index in [2.05, 4.69) is 24.0 Å². The van der Waals surface area contributed by atoms with Crippen LogP contribution in [0.25, 0.3) is 32.8 Å². The van der Waals surface area contributed by atoms with E-state index in [1.54, 1.807) is 12.1 Å². The number of phenolic OH excluding ortho intramolecular Hbond substituents is 1. The number of fused-ring (bicyclic) bond motifs is 2. The first-order chi connectivity index (χ1) is 17.0. The van der Waals surface area contributed by atoms with Gasteiger partial charge >= 0.3 is 6.16 Å². The second kappa shape index (κ2) is 9.43. The number of ether oxygens (including phenoxy) is 2. The fourth-order valence-corrected chi connectivity index (χ4v) is 4.59. The van der Waals surface area contributed by atoms with E-state index < -0.39 is 6.16 Å². The lowest BCUT2D eigenvalue weighted by Crippen LogP contribution is -2.06. The highest BCUT2D eigenvalue weighted by Gasteiger charge is 2.18. The van der Waals surface area contributed by atoms with E-state index in [0.717, 1.165) is 43.9 Å². The van der Waals surface area contributed by atoms with Crippen molar-refractivity contribution in [3.05, 3.63) is 90.0 Å². The van der Waals surface area contributed by atoms with E-state index in [0.29, 0.717) is 25.2 Å². The molecule has 0 unspecified atom stereocenters. The molecule has 5 rings (SSSR count). The molecule has 4 aromatic carbocycles. The van der Waals surface area contributed by atoms with Crippen molar-refractivity contribution in [3.63, 3.8) is 0 Å². The Morgan fingerprint density at radius 2 is 1.57 bits per heavy atom. The molecule has 0 atom stereocenters. The number of carboxylic acid groups (broad SMARTS) is 1. The summed E-state index contributed by atoms with van der Waals surface area (Å²) in [5.74, 6) is 1.15. The van der Waals surface area contributed by atoms with Crippen molar-refractivity contribution in [1.82, 2.24) is 4.98 Å². The monoisotopic (exact) mass is 467 g/mol. The first kappa shape index (κ1) is 22.3. The number of para-hydroxylation sites is 1. The van der Waals surface area contributed by atoms with Crippen LogP contribution in [0.5, 0.6) is 17.4 Å². The van der Waals surface area contributed by atoms with Gasteiger partial charge in [0.1, 0.15) is 11.5 Å². The number of H-pyrrole nitrogens is 1. The maximum absolute atomic E-state index is 11.4. The smallest absolute Gasteiger partial charge is 0.507 e. The number of rotatable bonds is 7. The minimum atomic E-state index is -1.36. The van der Waals surface area contributed by atoms with Gasteiger partial charge in [0.25, 0.3) is 0 Å². The first-order valence-corrected chi connectivity index (χ1v) is 11.5. The summed E-state index contributed by atoms with van der Waals surface area (Å²) in [6.07, 6.45) is -0.148. The highest BCUT2D eigenvalue weighted by Crippen LogP contribution is 2.37. The van der Waals surface area contributed by atoms with Crippen LogP contribution in [0, 0.1) is 6.92 Å². The minimum Gasteiger partial charge on any atom is -0.507 e. The van der Waals surface area contributed by atoms with Gasteiger partial charge in [-0.15, -0.1) is 0 Å². The van der Waals surface area contributed by atoms with Gasteiger partial charge < -0.3 is 24.7 Å². The number of hydrogen-bond donors (Lipinski definition) is 3. The molecular formula is C29H25NO5. The Hall–Kier alpha value is -4.45. The van der Waals surface area contributed by atoms with E-state index in [-0.39, 0.29) is 11.6 Å². The summed E-state index contributed by atoms with van der Waals surface area (Å²) in [5, 5.41) is 21.9. The van der Waals surface area contributed by atoms with E-state index in [1.165, 1.54) is 0 Å². The maximum Gasteiger partial charge on any atom is 0.512 e. The van der Waals surface area contributed by atoms with Gasteiger partial charge in [-0.3, -0.25) is 0 Å². The van der Waals surface area contributed by atoms with Gasteiger partial charge in [-0.1, -0.05) is 66.7 Å². The molecule has 6 nitrogen and oxygen atoms in total. The molecular weight excluding hydrogens is 442 g/mol. The number of aryl methyl sites for hydroxylation is 2. The minimum absolute atomic E-state index is 0.215. The fourth-order valence-electron chi connectivity index (χ4n) is 4.59. The zero-order valence-electron chi connectivity index (χ0n) is 19.2. The molecule has 0 spiro atoms. The van der Waals surface area contributed by atoms with Crippen molar-refractivity contribution < 1.29 is 24.5 Å². The summed E-state index contributed by atoms with van der Waals surface area (Å²) in [6.45, 7) is 2.47. The number of benzene rings is 4. The topological polar surface area (TPSA) is 91.8 Å². The molecule has 0 aliphatic heterocycles. The zero-order chi connectivity index (χ0) is 24.4. The number of hydrogen-bond acceptors (Lipinski definition) is 4. The third-order valence-corrected chi connectivity index (χ3v) is 6.21. The lowest BCUT2D eigenvalue weighted by Gasteiger charge is -2.10. The molecule has 0 saturated carbocycles. The first-order valence-electron chi connectivity index (χ1n) is 11.5. The molecule has 0 amide bonds. The Morgan fingerprint density at radius 1 is 0.857 bits per heavy atom. The van der Waals surface area contributed by atoms with Crippen molar-refractivity contribution in [2.24, 2.45) is 0 Å². The lowest BCUT2D eigenvalue weighted by atomic mass is 9.97. The van der Waals surface area contributed by atoms with Crippen molar-refractivity contribution in [3.8, 4) is 28.5 Å². The van der Waals surface area contributed by atoms with E-state index in [4.69, 9.17) is 9.47 Å². The molecule has 176 valence electrons. The molecule has 0 bridgehead atoms. The largest absolute Gasteiger partial charge is 0.512 e. The molecule has 6 heteroatoms. The number of aromatic amines is 1. The van der Waals surface area contributed by atoms with Crippen molar-refractivity contribution in [2.45, 2.75) is 19.8 Å². The van der Waals surface area contributed by atoms with Crippen molar-refractivity contribution in [1.29, 1.82) is 0 Å². The lowest BCUT2D eigenvalue weighted by molar-refractivity contribution is 0.142. The highest BCUT2D eigenvalue weighted by atomic mass is 16.7. The molecule has 0 radical (unpaired) electrons. The van der Waals surface area contributed by atoms with Crippen LogP contribution in [0.1, 0.15) is 17.5 Å². The molecule has 5 aromatic rings. The highest BCUT2D eigenvalue weighted by molar-refractivity contribution is 5.98. The number of aromatic hydroxyl groups is 1. The number of aromatic nitrogens is 1. The molecule has 35 heavy (non-hydrogen) atoms. The summed E-state index contributed by atoms with van der Waals surface area (Å²) in [4.78, 5) is 14.6. The second-order valence-corrected chi connectivity index (χ2v) is 8.42. The summed E-state index contributed by atoms with van der Waals surface area (Å²) in [6, 6.07) is 25.0. The second-order valence-electron chi connectivity index (χ2n) is 8.42. The average Bonchev–Trinajstić information content (AvgIpc) is 3.19. The van der Waals surface area contributed by atoms with Crippen LogP contribution in [-0.4, -0.2) is 28.0 Å². The summed E-state index contributed by atoms with van der Waals surface area (Å²) < 4.78 is 11.2. The predicted octanol–water partition coefficient (Wildman–Crippen LogP) is 7.07. The quantitative estimate of drug-likeness (QED) is 0.176. The summed E-state index contributed by atoms with van der Waals surface area (Å²) >= 11 is 0. The van der Waals surface area contributed by atoms with Gasteiger partial charge in [-0.25, -0.2) is 4.79 Å². The van der Waals surface area contributed by atoms with Crippen LogP contribution in [-0.2, 0) is 6.42 Å². The van der Waals surface area contributed by atoms with E-state index in [9.17, 15) is 15.0 Å². The normalized spacial score (nSPS) is 11.1. The Balaban J connectivity index is 1.42. The third kappa shape index (κ3) is 4.38. The van der Waals surface area contributed by atoms with Crippen molar-refractivity contribution in [2.75, 3.05) is 6.61 Å². The third-order valence-electron chi connectivity index (χ3n) is 6.21. The van der Waals surface area contributed by atoms with Gasteiger partial charge in [-0.05, 0) is 43.0 Å². The van der Waals surface area contributed by atoms with Crippen LogP contribution in [0.2, 0.25) is 0 Å². The molecule has 0 aliphatic rings. The summed E-state index contributed by atoms with van der Waals surface area (Å²) in [5.41, 5.74) is 4.85. The average molecular weight is 468 g/mol. The molecule has 3 N–H and O–H groups in total. The van der Waals surface area contributed by atoms with Gasteiger partial charge in [0.2, 0.25) is 5.88 Å². The molecule has 0 fully saturated rings. The van der Waals surface area contributed by atoms with Crippen LogP contribution in [0.4, 0.5) is 4.79 Å². The molecule has 0 aliphatic carbocycles. The zero-order valence-corrected chi connectivity index (χ0v) is 19.2. The molecule has 1 heterocycles. The maximum atomic E-state index is 11.4. The number of carbonyl (C=O) groups is 1. The standard InChI is InChI=1S/C29H25NO5/c1-18-8-2-3-9-19(18)22-12-4-13-23-24(28(30-27(22)23)35-29(32)33)14-7-17-34-26-16-6-10-20-21(26)11-5-15-25(20)31/h2-6,8-13,15-16,30-31H,7,14,17H2,1H3,(H,32,33). The van der Waals surface area contributed by atoms with E-state index in [1.807, 2.05) is 54.6 Å². The van der Waals surface area contributed by atoms with Gasteiger partial charge in [-0.2, -0.15) is 0 Å². The van der Waals surface area contributed by atoms with Crippen LogP contribution >= 0.6 is 0 Å². The number of nitrogens with one attached hydrogen (secondary N) is 1. The Morgan fingerprint density at radius 3 is 2.40 bits per heavy atom. The van der Waals surface area contributed by atoms with Gasteiger partial charge in [0.05, 0.1) is 12.1 Å². The SMILES string of the molecule is Cc1ccccc1-c1cccc2c(CCCOc3cccc4c(O)cccc34)c(OC(=O)O)[nH]c12. The number of phenols is 1. The molecule has 0 saturated heterocycles. The van der Waals surface area contributed by atoms with E-state index >= 15 is 0 Å². The molecule has 1 aromatic heterocycles. The van der Waals surface area contributed by atoms with Crippen LogP contribution in [0.3, 0.4) is 0 Å². The Kier molecular flexibility index (Phi) is 6.02. The fraction of sp³-hybridized carbons (Fsp3) is 0.138. The van der Waals surface area contributed by atoms with Gasteiger partial charge in [0, 0.05) is 27.3 Å². The van der Waals surface area contributed by atoms with Crippen LogP contribution in [0.15, 0.2) is 78.9 Å². The predicted molar refractivity (Wildman–Crippen MR) is 137 cm³/mol. The van der Waals surface area contributed by atoms with Crippen molar-refractivity contribution >= 4 is 27.8 Å². The summed E-state index contributed by atoms with van der Waals surface area (Å²) in [7, 11) is 0. The Bertz CT molecular complexity index is 1540.